The molecule has 1 rings (SSSR count). The summed E-state index contributed by atoms with van der Waals surface area (Å²) in [5.41, 5.74) is -0.126. The molecule has 1 aromatic rings. The van der Waals surface area contributed by atoms with Crippen LogP contribution >= 0.6 is 11.3 Å². The van der Waals surface area contributed by atoms with Gasteiger partial charge in [0.15, 0.2) is 0 Å². The zero-order valence-electron chi connectivity index (χ0n) is 10.7. The molecule has 1 N–H and O–H groups in total. The molecule has 0 amide bonds. The van der Waals surface area contributed by atoms with Crippen molar-refractivity contribution < 1.29 is 4.74 Å². The molecule has 1 heterocycles. The summed E-state index contributed by atoms with van der Waals surface area (Å²) in [4.78, 5) is 0. The first-order valence-corrected chi connectivity index (χ1v) is 6.43. The van der Waals surface area contributed by atoms with Crippen LogP contribution in [0.3, 0.4) is 0 Å². The fraction of sp³-hybridized carbons (Fsp3) is 0.818. The molecule has 4 nitrogen and oxygen atoms in total. The second-order valence-corrected chi connectivity index (χ2v) is 5.81. The molecule has 1 aromatic heterocycles. The van der Waals surface area contributed by atoms with Gasteiger partial charge in [-0.2, -0.15) is 0 Å². The van der Waals surface area contributed by atoms with Crippen molar-refractivity contribution in [3.8, 4) is 0 Å². The van der Waals surface area contributed by atoms with Gasteiger partial charge in [-0.05, 0) is 34.2 Å². The van der Waals surface area contributed by atoms with E-state index in [-0.39, 0.29) is 11.6 Å². The Kier molecular flexibility index (Phi) is 4.83. The number of hydrogen-bond acceptors (Lipinski definition) is 5. The van der Waals surface area contributed by atoms with Crippen LogP contribution in [0.1, 0.15) is 50.7 Å². The van der Waals surface area contributed by atoms with E-state index >= 15 is 0 Å². The second kappa shape index (κ2) is 5.70. The third-order valence-electron chi connectivity index (χ3n) is 1.99. The molecule has 1 unspecified atom stereocenters. The van der Waals surface area contributed by atoms with E-state index in [2.05, 4.69) is 29.4 Å². The number of ether oxygens (including phenoxy) is 1. The van der Waals surface area contributed by atoms with Crippen LogP contribution in [0, 0.1) is 0 Å². The molecule has 92 valence electrons. The highest BCUT2D eigenvalue weighted by Gasteiger charge is 2.14. The summed E-state index contributed by atoms with van der Waals surface area (Å²) >= 11 is 1.61. The van der Waals surface area contributed by atoms with Gasteiger partial charge in [-0.25, -0.2) is 0 Å². The summed E-state index contributed by atoms with van der Waals surface area (Å²) in [6.45, 7) is 11.8. The number of nitrogens with one attached hydrogen (secondary N) is 1. The minimum absolute atomic E-state index is 0.126. The first kappa shape index (κ1) is 13.5. The summed E-state index contributed by atoms with van der Waals surface area (Å²) in [6.07, 6.45) is 0. The van der Waals surface area contributed by atoms with E-state index in [0.717, 1.165) is 16.6 Å². The zero-order valence-corrected chi connectivity index (χ0v) is 11.5. The fourth-order valence-corrected chi connectivity index (χ4v) is 1.95. The normalized spacial score (nSPS) is 14.1. The molecule has 0 aliphatic rings. The Morgan fingerprint density at radius 1 is 1.38 bits per heavy atom. The number of hydrogen-bond donors (Lipinski definition) is 1. The number of rotatable bonds is 5. The van der Waals surface area contributed by atoms with E-state index in [4.69, 9.17) is 4.74 Å². The van der Waals surface area contributed by atoms with Crippen LogP contribution in [-0.2, 0) is 11.3 Å². The SMILES string of the molecule is CCNC(C)c1nnc(COC(C)(C)C)s1. The van der Waals surface area contributed by atoms with Crippen molar-refractivity contribution in [2.45, 2.75) is 52.9 Å². The zero-order chi connectivity index (χ0) is 12.2. The van der Waals surface area contributed by atoms with Crippen molar-refractivity contribution in [3.05, 3.63) is 10.0 Å². The van der Waals surface area contributed by atoms with Crippen molar-refractivity contribution >= 4 is 11.3 Å². The van der Waals surface area contributed by atoms with Gasteiger partial charge in [0.05, 0.1) is 11.6 Å². The molecule has 0 fully saturated rings. The Morgan fingerprint density at radius 2 is 2.06 bits per heavy atom. The number of aromatic nitrogens is 2. The van der Waals surface area contributed by atoms with Crippen molar-refractivity contribution in [2.24, 2.45) is 0 Å². The van der Waals surface area contributed by atoms with E-state index in [1.807, 2.05) is 20.8 Å². The topological polar surface area (TPSA) is 47.0 Å². The summed E-state index contributed by atoms with van der Waals surface area (Å²) in [7, 11) is 0. The van der Waals surface area contributed by atoms with Gasteiger partial charge in [-0.3, -0.25) is 0 Å². The van der Waals surface area contributed by atoms with Crippen molar-refractivity contribution in [2.75, 3.05) is 6.54 Å². The maximum Gasteiger partial charge on any atom is 0.143 e. The van der Waals surface area contributed by atoms with Crippen LogP contribution in [0.25, 0.3) is 0 Å². The minimum atomic E-state index is -0.126. The Hall–Kier alpha value is -0.520. The lowest BCUT2D eigenvalue weighted by Crippen LogP contribution is -2.18. The van der Waals surface area contributed by atoms with Crippen molar-refractivity contribution in [1.29, 1.82) is 0 Å². The van der Waals surface area contributed by atoms with Gasteiger partial charge in [0, 0.05) is 0 Å². The summed E-state index contributed by atoms with van der Waals surface area (Å²) in [5, 5.41) is 13.6. The Balaban J connectivity index is 2.51. The molecule has 0 spiro atoms. The smallest absolute Gasteiger partial charge is 0.143 e. The molecule has 0 radical (unpaired) electrons. The van der Waals surface area contributed by atoms with Gasteiger partial charge in [0.25, 0.3) is 0 Å². The first-order valence-electron chi connectivity index (χ1n) is 5.62. The molecule has 0 saturated heterocycles. The highest BCUT2D eigenvalue weighted by Crippen LogP contribution is 2.19. The Morgan fingerprint density at radius 3 is 2.62 bits per heavy atom. The third-order valence-corrected chi connectivity index (χ3v) is 3.07. The van der Waals surface area contributed by atoms with Gasteiger partial charge in [0.2, 0.25) is 0 Å². The van der Waals surface area contributed by atoms with Gasteiger partial charge in [-0.15, -0.1) is 10.2 Å². The average molecular weight is 243 g/mol. The lowest BCUT2D eigenvalue weighted by Gasteiger charge is -2.18. The predicted molar refractivity (Wildman–Crippen MR) is 66.5 cm³/mol. The lowest BCUT2D eigenvalue weighted by atomic mass is 10.2. The third kappa shape index (κ3) is 4.55. The van der Waals surface area contributed by atoms with E-state index in [0.29, 0.717) is 6.61 Å². The van der Waals surface area contributed by atoms with E-state index in [1.54, 1.807) is 11.3 Å². The van der Waals surface area contributed by atoms with Gasteiger partial charge < -0.3 is 10.1 Å². The Bertz CT molecular complexity index is 319. The maximum absolute atomic E-state index is 5.66. The first-order chi connectivity index (χ1) is 7.42. The molecular formula is C11H21N3OS. The van der Waals surface area contributed by atoms with Crippen molar-refractivity contribution in [3.63, 3.8) is 0 Å². The van der Waals surface area contributed by atoms with Crippen LogP contribution in [0.5, 0.6) is 0 Å². The molecule has 0 saturated carbocycles. The summed E-state index contributed by atoms with van der Waals surface area (Å²) < 4.78 is 5.66. The van der Waals surface area contributed by atoms with Crippen LogP contribution in [-0.4, -0.2) is 22.3 Å². The fourth-order valence-electron chi connectivity index (χ4n) is 1.17. The van der Waals surface area contributed by atoms with Crippen molar-refractivity contribution in [1.82, 2.24) is 15.5 Å². The van der Waals surface area contributed by atoms with E-state index in [1.165, 1.54) is 0 Å². The largest absolute Gasteiger partial charge is 0.369 e. The maximum atomic E-state index is 5.66. The highest BCUT2D eigenvalue weighted by atomic mass is 32.1. The monoisotopic (exact) mass is 243 g/mol. The van der Waals surface area contributed by atoms with Gasteiger partial charge in [-0.1, -0.05) is 18.3 Å². The molecule has 5 heteroatoms. The van der Waals surface area contributed by atoms with Crippen LogP contribution in [0.4, 0.5) is 0 Å². The molecule has 0 aliphatic carbocycles. The molecule has 0 aromatic carbocycles. The number of nitrogens with zero attached hydrogens (tertiary/aromatic N) is 2. The second-order valence-electron chi connectivity index (χ2n) is 4.71. The standard InChI is InChI=1S/C11H21N3OS/c1-6-12-8(2)10-14-13-9(16-10)7-15-11(3,4)5/h8,12H,6-7H2,1-5H3. The average Bonchev–Trinajstić information content (AvgIpc) is 2.62. The summed E-state index contributed by atoms with van der Waals surface area (Å²) in [6, 6.07) is 0.269. The molecule has 0 aliphatic heterocycles. The van der Waals surface area contributed by atoms with Crippen LogP contribution in [0.15, 0.2) is 0 Å². The molecule has 0 bridgehead atoms. The molecule has 1 atom stereocenters. The molecule has 16 heavy (non-hydrogen) atoms. The minimum Gasteiger partial charge on any atom is -0.369 e. The highest BCUT2D eigenvalue weighted by molar-refractivity contribution is 7.11. The lowest BCUT2D eigenvalue weighted by molar-refractivity contribution is -0.0152. The van der Waals surface area contributed by atoms with Crippen LogP contribution < -0.4 is 5.32 Å². The van der Waals surface area contributed by atoms with Gasteiger partial charge in [0.1, 0.15) is 16.6 Å². The summed E-state index contributed by atoms with van der Waals surface area (Å²) in [5.74, 6) is 0. The quantitative estimate of drug-likeness (QED) is 0.863. The Labute approximate surface area is 101 Å². The predicted octanol–water partition coefficient (Wildman–Crippen LogP) is 2.52. The molecular weight excluding hydrogens is 222 g/mol. The van der Waals surface area contributed by atoms with E-state index in [9.17, 15) is 0 Å². The van der Waals surface area contributed by atoms with Gasteiger partial charge >= 0.3 is 0 Å². The van der Waals surface area contributed by atoms with E-state index < -0.39 is 0 Å². The van der Waals surface area contributed by atoms with Crippen LogP contribution in [0.2, 0.25) is 0 Å².